The molecule has 0 atom stereocenters. The van der Waals surface area contributed by atoms with E-state index in [1.807, 2.05) is 0 Å². The Kier molecular flexibility index (Phi) is 6.29. The molecule has 2 rings (SSSR count). The van der Waals surface area contributed by atoms with E-state index >= 15 is 0 Å². The fourth-order valence-corrected chi connectivity index (χ4v) is 2.60. The zero-order valence-corrected chi connectivity index (χ0v) is 14.8. The average molecular weight is 377 g/mol. The van der Waals surface area contributed by atoms with Gasteiger partial charge in [-0.15, -0.1) is 0 Å². The molecule has 0 unspecified atom stereocenters. The number of nitrogens with two attached hydrogens (primary N) is 1. The summed E-state index contributed by atoms with van der Waals surface area (Å²) in [6, 6.07) is 12.1. The second-order valence-corrected chi connectivity index (χ2v) is 5.80. The molecule has 2 aromatic carbocycles. The first-order chi connectivity index (χ1) is 11.9. The van der Waals surface area contributed by atoms with Crippen molar-refractivity contribution in [3.05, 3.63) is 57.6 Å². The Morgan fingerprint density at radius 3 is 2.60 bits per heavy atom. The molecule has 0 spiro atoms. The van der Waals surface area contributed by atoms with Gasteiger partial charge in [0.05, 0.1) is 23.8 Å². The molecule has 0 bridgehead atoms. The largest absolute Gasteiger partial charge is 0.493 e. The maximum Gasteiger partial charge on any atom is 0.255 e. The number of benzene rings is 2. The third kappa shape index (κ3) is 4.90. The highest BCUT2D eigenvalue weighted by Gasteiger charge is 2.10. The van der Waals surface area contributed by atoms with E-state index in [0.29, 0.717) is 38.2 Å². The predicted molar refractivity (Wildman–Crippen MR) is 97.6 cm³/mol. The number of carbonyl (C=O) groups is 1. The van der Waals surface area contributed by atoms with Crippen LogP contribution < -0.4 is 15.2 Å². The number of nitriles is 1. The summed E-state index contributed by atoms with van der Waals surface area (Å²) in [4.78, 5) is 10.8. The van der Waals surface area contributed by atoms with Gasteiger partial charge in [-0.25, -0.2) is 0 Å². The van der Waals surface area contributed by atoms with E-state index in [0.717, 1.165) is 0 Å². The third-order valence-electron chi connectivity index (χ3n) is 3.21. The SMILES string of the molecule is COc1cc(/C=C(\C#N)c2ccc(Cl)cc2Cl)ccc1OCC(N)=O. The zero-order chi connectivity index (χ0) is 18.4. The number of nitrogens with zero attached hydrogens (tertiary/aromatic N) is 1. The van der Waals surface area contributed by atoms with Crippen LogP contribution in [0, 0.1) is 11.3 Å². The van der Waals surface area contributed by atoms with Crippen molar-refractivity contribution in [1.29, 1.82) is 5.26 Å². The lowest BCUT2D eigenvalue weighted by Gasteiger charge is -2.10. The van der Waals surface area contributed by atoms with E-state index in [4.69, 9.17) is 38.4 Å². The molecule has 0 heterocycles. The van der Waals surface area contributed by atoms with Gasteiger partial charge in [0.2, 0.25) is 0 Å². The van der Waals surface area contributed by atoms with Crippen LogP contribution in [0.2, 0.25) is 10.0 Å². The smallest absolute Gasteiger partial charge is 0.255 e. The number of hydrogen-bond acceptors (Lipinski definition) is 4. The lowest BCUT2D eigenvalue weighted by Crippen LogP contribution is -2.20. The van der Waals surface area contributed by atoms with Gasteiger partial charge in [0.25, 0.3) is 5.91 Å². The van der Waals surface area contributed by atoms with Crippen LogP contribution in [0.4, 0.5) is 0 Å². The monoisotopic (exact) mass is 376 g/mol. The van der Waals surface area contributed by atoms with E-state index in [1.54, 1.807) is 42.5 Å². The van der Waals surface area contributed by atoms with Crippen molar-refractivity contribution in [2.75, 3.05) is 13.7 Å². The van der Waals surface area contributed by atoms with Gasteiger partial charge in [0.1, 0.15) is 0 Å². The van der Waals surface area contributed by atoms with Crippen molar-refractivity contribution < 1.29 is 14.3 Å². The number of amides is 1. The summed E-state index contributed by atoms with van der Waals surface area (Å²) in [5.41, 5.74) is 6.70. The van der Waals surface area contributed by atoms with Gasteiger partial charge < -0.3 is 15.2 Å². The molecule has 25 heavy (non-hydrogen) atoms. The molecule has 2 aromatic rings. The number of allylic oxidation sites excluding steroid dienone is 1. The van der Waals surface area contributed by atoms with Crippen molar-refractivity contribution in [2.45, 2.75) is 0 Å². The molecule has 2 N–H and O–H groups in total. The van der Waals surface area contributed by atoms with E-state index < -0.39 is 5.91 Å². The number of rotatable bonds is 6. The highest BCUT2D eigenvalue weighted by atomic mass is 35.5. The minimum Gasteiger partial charge on any atom is -0.493 e. The molecular weight excluding hydrogens is 363 g/mol. The van der Waals surface area contributed by atoms with Gasteiger partial charge >= 0.3 is 0 Å². The molecule has 128 valence electrons. The Hall–Kier alpha value is -2.68. The van der Waals surface area contributed by atoms with Gasteiger partial charge in [-0.3, -0.25) is 4.79 Å². The van der Waals surface area contributed by atoms with Crippen molar-refractivity contribution >= 4 is 40.8 Å². The second-order valence-electron chi connectivity index (χ2n) is 4.96. The standard InChI is InChI=1S/C18H14Cl2N2O3/c1-24-17-7-11(2-5-16(17)25-10-18(22)23)6-12(9-21)14-4-3-13(19)8-15(14)20/h2-8H,10H2,1H3,(H2,22,23)/b12-6+. The van der Waals surface area contributed by atoms with Gasteiger partial charge in [0.15, 0.2) is 18.1 Å². The molecule has 0 aliphatic rings. The van der Waals surface area contributed by atoms with Crippen LogP contribution in [0.15, 0.2) is 36.4 Å². The summed E-state index contributed by atoms with van der Waals surface area (Å²) in [5.74, 6) is 0.200. The van der Waals surface area contributed by atoms with E-state index in [2.05, 4.69) is 6.07 Å². The van der Waals surface area contributed by atoms with Gasteiger partial charge in [-0.05, 0) is 35.9 Å². The average Bonchev–Trinajstić information content (AvgIpc) is 2.58. The lowest BCUT2D eigenvalue weighted by molar-refractivity contribution is -0.119. The fraction of sp³-hybridized carbons (Fsp3) is 0.111. The summed E-state index contributed by atoms with van der Waals surface area (Å²) in [6.07, 6.45) is 1.66. The minimum absolute atomic E-state index is 0.255. The Labute approximate surface area is 155 Å². The van der Waals surface area contributed by atoms with E-state index in [9.17, 15) is 10.1 Å². The van der Waals surface area contributed by atoms with Crippen molar-refractivity contribution in [3.8, 4) is 17.6 Å². The molecule has 0 aliphatic carbocycles. The highest BCUT2D eigenvalue weighted by molar-refractivity contribution is 6.36. The Bertz CT molecular complexity index is 873. The zero-order valence-electron chi connectivity index (χ0n) is 13.3. The van der Waals surface area contributed by atoms with Crippen LogP contribution in [-0.2, 0) is 4.79 Å². The number of ether oxygens (including phenoxy) is 2. The van der Waals surface area contributed by atoms with Crippen molar-refractivity contribution in [1.82, 2.24) is 0 Å². The van der Waals surface area contributed by atoms with Crippen molar-refractivity contribution in [2.24, 2.45) is 5.73 Å². The Morgan fingerprint density at radius 1 is 1.24 bits per heavy atom. The van der Waals surface area contributed by atoms with Crippen LogP contribution in [0.25, 0.3) is 11.6 Å². The van der Waals surface area contributed by atoms with E-state index in [1.165, 1.54) is 7.11 Å². The van der Waals surface area contributed by atoms with Crippen LogP contribution >= 0.6 is 23.2 Å². The maximum absolute atomic E-state index is 10.8. The third-order valence-corrected chi connectivity index (χ3v) is 3.76. The van der Waals surface area contributed by atoms with Gasteiger partial charge in [-0.1, -0.05) is 35.3 Å². The predicted octanol–water partition coefficient (Wildman–Crippen LogP) is 3.93. The summed E-state index contributed by atoms with van der Waals surface area (Å²) in [6.45, 7) is -0.255. The maximum atomic E-state index is 10.8. The lowest BCUT2D eigenvalue weighted by atomic mass is 10.0. The topological polar surface area (TPSA) is 85.3 Å². The van der Waals surface area contributed by atoms with Crippen LogP contribution in [0.1, 0.15) is 11.1 Å². The molecule has 1 amide bonds. The number of primary amides is 1. The molecule has 7 heteroatoms. The molecule has 5 nitrogen and oxygen atoms in total. The second kappa shape index (κ2) is 8.43. The molecule has 0 aliphatic heterocycles. The normalized spacial score (nSPS) is 10.9. The summed E-state index contributed by atoms with van der Waals surface area (Å²) in [7, 11) is 1.47. The summed E-state index contributed by atoms with van der Waals surface area (Å²) >= 11 is 12.0. The van der Waals surface area contributed by atoms with Crippen LogP contribution in [-0.4, -0.2) is 19.6 Å². The first-order valence-corrected chi connectivity index (χ1v) is 7.86. The number of hydrogen-bond donors (Lipinski definition) is 1. The quantitative estimate of drug-likeness (QED) is 0.611. The van der Waals surface area contributed by atoms with E-state index in [-0.39, 0.29) is 6.61 Å². The first-order valence-electron chi connectivity index (χ1n) is 7.11. The van der Waals surface area contributed by atoms with Crippen LogP contribution in [0.3, 0.4) is 0 Å². The molecule has 0 radical (unpaired) electrons. The summed E-state index contributed by atoms with van der Waals surface area (Å²) in [5, 5.41) is 10.3. The fourth-order valence-electron chi connectivity index (χ4n) is 2.09. The molecule has 0 saturated heterocycles. The number of halogens is 2. The number of methoxy groups -OCH3 is 1. The van der Waals surface area contributed by atoms with Crippen LogP contribution in [0.5, 0.6) is 11.5 Å². The molecular formula is C18H14Cl2N2O3. The summed E-state index contributed by atoms with van der Waals surface area (Å²) < 4.78 is 10.5. The molecule has 0 aromatic heterocycles. The van der Waals surface area contributed by atoms with Gasteiger partial charge in [-0.2, -0.15) is 5.26 Å². The van der Waals surface area contributed by atoms with Gasteiger partial charge in [0, 0.05) is 10.6 Å². The minimum atomic E-state index is -0.588. The Balaban J connectivity index is 2.38. The molecule has 0 saturated carbocycles. The first kappa shape index (κ1) is 18.7. The Morgan fingerprint density at radius 2 is 2.00 bits per heavy atom. The molecule has 0 fully saturated rings. The number of carbonyl (C=O) groups excluding carboxylic acids is 1. The highest BCUT2D eigenvalue weighted by Crippen LogP contribution is 2.31. The van der Waals surface area contributed by atoms with Crippen molar-refractivity contribution in [3.63, 3.8) is 0 Å².